The molecule has 0 aliphatic carbocycles. The van der Waals surface area contributed by atoms with Crippen molar-refractivity contribution in [3.8, 4) is 22.4 Å². The van der Waals surface area contributed by atoms with Crippen LogP contribution >= 0.6 is 23.2 Å². The smallest absolute Gasteiger partial charge is 0.273 e. The Morgan fingerprint density at radius 3 is 2.34 bits per heavy atom. The lowest BCUT2D eigenvalue weighted by molar-refractivity contribution is 0.102. The highest BCUT2D eigenvalue weighted by Crippen LogP contribution is 2.41. The highest BCUT2D eigenvalue weighted by Gasteiger charge is 2.30. The lowest BCUT2D eigenvalue weighted by Crippen LogP contribution is -2.15. The number of amides is 1. The number of nitrogens with zero attached hydrogens (tertiary/aromatic N) is 2. The third-order valence-electron chi connectivity index (χ3n) is 7.67. The van der Waals surface area contributed by atoms with Gasteiger partial charge in [-0.2, -0.15) is 0 Å². The van der Waals surface area contributed by atoms with Crippen molar-refractivity contribution in [1.29, 1.82) is 0 Å². The average molecular weight is 543 g/mol. The molecule has 192 valence electrons. The van der Waals surface area contributed by atoms with Crippen molar-refractivity contribution in [1.82, 2.24) is 8.97 Å². The largest absolute Gasteiger partial charge is 0.325 e. The summed E-state index contributed by atoms with van der Waals surface area (Å²) in [5.74, 6) is -0.123. The number of hydrogen-bond acceptors (Lipinski definition) is 1. The van der Waals surface area contributed by atoms with E-state index in [2.05, 4.69) is 52.5 Å². The zero-order chi connectivity index (χ0) is 26.6. The van der Waals surface area contributed by atoms with Gasteiger partial charge in [-0.3, -0.25) is 9.20 Å². The fourth-order valence-electron chi connectivity index (χ4n) is 5.53. The van der Waals surface area contributed by atoms with Gasteiger partial charge in [-0.05, 0) is 81.0 Å². The Bertz CT molecular complexity index is 1710. The molecule has 1 aliphatic rings. The van der Waals surface area contributed by atoms with Gasteiger partial charge in [0, 0.05) is 35.1 Å². The van der Waals surface area contributed by atoms with Crippen LogP contribution in [0.5, 0.6) is 0 Å². The number of carbonyl (C=O) groups excluding carboxylic acids is 1. The van der Waals surface area contributed by atoms with Crippen LogP contribution in [0, 0.1) is 20.8 Å². The first-order valence-corrected chi connectivity index (χ1v) is 13.7. The first kappa shape index (κ1) is 24.8. The molecule has 38 heavy (non-hydrogen) atoms. The Morgan fingerprint density at radius 1 is 0.842 bits per heavy atom. The summed E-state index contributed by atoms with van der Waals surface area (Å²) in [6.07, 6.45) is 5.11. The van der Waals surface area contributed by atoms with Crippen molar-refractivity contribution in [2.24, 2.45) is 0 Å². The van der Waals surface area contributed by atoms with Crippen molar-refractivity contribution < 1.29 is 4.79 Å². The normalized spacial score (nSPS) is 13.1. The number of halogens is 2. The van der Waals surface area contributed by atoms with Gasteiger partial charge in [0.25, 0.3) is 5.91 Å². The Hall–Kier alpha value is -3.47. The molecule has 0 saturated heterocycles. The molecular formula is C32H29Cl2N3O. The van der Waals surface area contributed by atoms with E-state index in [0.29, 0.717) is 15.7 Å². The molecule has 0 unspecified atom stereocenters. The van der Waals surface area contributed by atoms with E-state index < -0.39 is 0 Å². The van der Waals surface area contributed by atoms with Crippen LogP contribution in [0.15, 0.2) is 66.9 Å². The number of nitrogens with one attached hydrogen (secondary N) is 1. The van der Waals surface area contributed by atoms with Gasteiger partial charge in [-0.15, -0.1) is 0 Å². The Labute approximate surface area is 232 Å². The SMILES string of the molecule is Cc1ccc(NC(=O)c2c(-c3ccc(C)c(C)c3)c3c4n(c(-c5ccc(Cl)c(Cl)c5)cn24)CCCC3)cc1. The summed E-state index contributed by atoms with van der Waals surface area (Å²) in [5.41, 5.74) is 11.4. The first-order chi connectivity index (χ1) is 18.3. The number of benzene rings is 3. The molecule has 0 atom stereocenters. The molecule has 1 N–H and O–H groups in total. The molecule has 1 amide bonds. The van der Waals surface area contributed by atoms with E-state index in [1.807, 2.05) is 49.4 Å². The third kappa shape index (κ3) is 4.22. The molecule has 4 nitrogen and oxygen atoms in total. The van der Waals surface area contributed by atoms with Crippen molar-refractivity contribution in [2.45, 2.75) is 46.6 Å². The predicted molar refractivity (Wildman–Crippen MR) is 158 cm³/mol. The molecule has 0 saturated carbocycles. The Kier molecular flexibility index (Phi) is 6.33. The molecule has 0 spiro atoms. The van der Waals surface area contributed by atoms with Gasteiger partial charge in [-0.25, -0.2) is 0 Å². The standard InChI is InChI=1S/C32H29Cl2N3O/c1-19-7-12-24(13-8-19)35-31(38)30-29(23-10-9-20(2)21(3)16-23)25-6-4-5-15-36-28(18-37(30)32(25)36)22-11-14-26(33)27(34)17-22/h7-14,16-18H,4-6,15H2,1-3H3,(H,35,38). The summed E-state index contributed by atoms with van der Waals surface area (Å²) in [5, 5.41) is 4.21. The Balaban J connectivity index is 1.62. The Morgan fingerprint density at radius 2 is 1.61 bits per heavy atom. The number of aryl methyl sites for hydroxylation is 5. The van der Waals surface area contributed by atoms with Crippen LogP contribution in [0.2, 0.25) is 10.0 Å². The van der Waals surface area contributed by atoms with E-state index in [0.717, 1.165) is 65.1 Å². The number of imidazole rings is 1. The molecule has 6 rings (SSSR count). The second kappa shape index (κ2) is 9.68. The van der Waals surface area contributed by atoms with Gasteiger partial charge in [0.15, 0.2) is 0 Å². The summed E-state index contributed by atoms with van der Waals surface area (Å²) in [6.45, 7) is 7.15. The monoisotopic (exact) mass is 541 g/mol. The van der Waals surface area contributed by atoms with Crippen LogP contribution in [-0.2, 0) is 13.0 Å². The summed E-state index contributed by atoms with van der Waals surface area (Å²) >= 11 is 12.6. The fraction of sp³-hybridized carbons (Fsp3) is 0.219. The predicted octanol–water partition coefficient (Wildman–Crippen LogP) is 8.90. The zero-order valence-corrected chi connectivity index (χ0v) is 23.2. The minimum Gasteiger partial charge on any atom is -0.325 e. The maximum Gasteiger partial charge on any atom is 0.273 e. The topological polar surface area (TPSA) is 38.4 Å². The molecule has 2 aromatic heterocycles. The summed E-state index contributed by atoms with van der Waals surface area (Å²) in [4.78, 5) is 14.1. The zero-order valence-electron chi connectivity index (χ0n) is 21.7. The summed E-state index contributed by atoms with van der Waals surface area (Å²) in [7, 11) is 0. The van der Waals surface area contributed by atoms with E-state index in [-0.39, 0.29) is 5.91 Å². The summed E-state index contributed by atoms with van der Waals surface area (Å²) in [6, 6.07) is 20.1. The number of rotatable bonds is 4. The lowest BCUT2D eigenvalue weighted by Gasteiger charge is -2.12. The highest BCUT2D eigenvalue weighted by atomic mass is 35.5. The third-order valence-corrected chi connectivity index (χ3v) is 8.41. The van der Waals surface area contributed by atoms with E-state index in [9.17, 15) is 4.79 Å². The maximum atomic E-state index is 14.1. The van der Waals surface area contributed by atoms with Crippen molar-refractivity contribution in [3.05, 3.63) is 105 Å². The quantitative estimate of drug-likeness (QED) is 0.242. The van der Waals surface area contributed by atoms with Gasteiger partial charge in [-0.1, -0.05) is 65.2 Å². The van der Waals surface area contributed by atoms with Crippen LogP contribution < -0.4 is 5.32 Å². The number of carbonyl (C=O) groups is 1. The van der Waals surface area contributed by atoms with Gasteiger partial charge >= 0.3 is 0 Å². The molecule has 3 heterocycles. The van der Waals surface area contributed by atoms with E-state index >= 15 is 0 Å². The van der Waals surface area contributed by atoms with Crippen LogP contribution in [0.4, 0.5) is 5.69 Å². The number of aromatic nitrogens is 2. The van der Waals surface area contributed by atoms with E-state index in [1.54, 1.807) is 0 Å². The van der Waals surface area contributed by atoms with Gasteiger partial charge in [0.1, 0.15) is 11.3 Å². The van der Waals surface area contributed by atoms with Crippen LogP contribution in [0.25, 0.3) is 28.0 Å². The van der Waals surface area contributed by atoms with Gasteiger partial charge in [0.2, 0.25) is 0 Å². The molecule has 3 aromatic carbocycles. The second-order valence-corrected chi connectivity index (χ2v) is 11.1. The fourth-order valence-corrected chi connectivity index (χ4v) is 5.83. The molecule has 0 fully saturated rings. The average Bonchev–Trinajstić information content (AvgIpc) is 3.31. The molecule has 1 aliphatic heterocycles. The highest BCUT2D eigenvalue weighted by molar-refractivity contribution is 6.42. The minimum absolute atomic E-state index is 0.123. The van der Waals surface area contributed by atoms with Gasteiger partial charge in [0.05, 0.1) is 15.7 Å². The van der Waals surface area contributed by atoms with Crippen molar-refractivity contribution in [2.75, 3.05) is 5.32 Å². The maximum absolute atomic E-state index is 14.1. The molecule has 0 bridgehead atoms. The van der Waals surface area contributed by atoms with E-state index in [1.165, 1.54) is 16.7 Å². The molecule has 0 radical (unpaired) electrons. The first-order valence-electron chi connectivity index (χ1n) is 13.0. The van der Waals surface area contributed by atoms with Crippen molar-refractivity contribution >= 4 is 40.4 Å². The summed E-state index contributed by atoms with van der Waals surface area (Å²) < 4.78 is 4.43. The van der Waals surface area contributed by atoms with Crippen LogP contribution in [0.3, 0.4) is 0 Å². The number of anilines is 1. The second-order valence-electron chi connectivity index (χ2n) is 10.3. The molecular weight excluding hydrogens is 513 g/mol. The minimum atomic E-state index is -0.123. The van der Waals surface area contributed by atoms with Crippen molar-refractivity contribution in [3.63, 3.8) is 0 Å². The lowest BCUT2D eigenvalue weighted by atomic mass is 9.95. The molecule has 5 aromatic rings. The van der Waals surface area contributed by atoms with Crippen LogP contribution in [0.1, 0.15) is 45.6 Å². The number of hydrogen-bond donors (Lipinski definition) is 1. The molecule has 6 heteroatoms. The van der Waals surface area contributed by atoms with Crippen LogP contribution in [-0.4, -0.2) is 14.9 Å². The van der Waals surface area contributed by atoms with Gasteiger partial charge < -0.3 is 9.88 Å². The van der Waals surface area contributed by atoms with E-state index in [4.69, 9.17) is 23.2 Å².